The van der Waals surface area contributed by atoms with Crippen LogP contribution in [0.1, 0.15) is 56.0 Å². The number of Topliss-reactive ketones (excluding diaryl/α,β-unsaturated/α-hetero) is 1. The molecule has 2 bridgehead atoms. The third-order valence-electron chi connectivity index (χ3n) is 7.97. The van der Waals surface area contributed by atoms with Gasteiger partial charge in [0, 0.05) is 54.1 Å². The number of aromatic nitrogens is 1. The molecule has 2 atom stereocenters. The molecule has 6 rings (SSSR count). The lowest BCUT2D eigenvalue weighted by Crippen LogP contribution is -2.47. The summed E-state index contributed by atoms with van der Waals surface area (Å²) in [5, 5.41) is 6.17. The van der Waals surface area contributed by atoms with Gasteiger partial charge in [-0.25, -0.2) is 0 Å². The Kier molecular flexibility index (Phi) is 7.39. The number of nitrogens with one attached hydrogen (secondary N) is 2. The van der Waals surface area contributed by atoms with Crippen LogP contribution < -0.4 is 21.1 Å². The van der Waals surface area contributed by atoms with Gasteiger partial charge in [-0.1, -0.05) is 41.9 Å². The van der Waals surface area contributed by atoms with Crippen LogP contribution in [0, 0.1) is 5.92 Å². The molecule has 9 heteroatoms. The van der Waals surface area contributed by atoms with E-state index in [2.05, 4.69) is 15.5 Å². The van der Waals surface area contributed by atoms with Gasteiger partial charge in [0.05, 0.1) is 22.0 Å². The molecule has 0 saturated carbocycles. The number of halogens is 1. The lowest BCUT2D eigenvalue weighted by Gasteiger charge is -2.44. The van der Waals surface area contributed by atoms with Gasteiger partial charge in [0.15, 0.2) is 5.78 Å². The average Bonchev–Trinajstić information content (AvgIpc) is 2.98. The van der Waals surface area contributed by atoms with Gasteiger partial charge in [-0.3, -0.25) is 19.2 Å². The summed E-state index contributed by atoms with van der Waals surface area (Å²) in [6.07, 6.45) is 0.987. The summed E-state index contributed by atoms with van der Waals surface area (Å²) < 4.78 is 1.88. The van der Waals surface area contributed by atoms with Crippen molar-refractivity contribution in [1.82, 2.24) is 4.57 Å². The van der Waals surface area contributed by atoms with Crippen molar-refractivity contribution < 1.29 is 14.4 Å². The number of pyridine rings is 1. The summed E-state index contributed by atoms with van der Waals surface area (Å²) in [5.41, 5.74) is 3.97. The third kappa shape index (κ3) is 5.45. The van der Waals surface area contributed by atoms with Crippen LogP contribution in [0.2, 0.25) is 5.02 Å². The van der Waals surface area contributed by atoms with Crippen LogP contribution >= 0.6 is 11.6 Å². The monoisotopic (exact) mass is 580 g/mol. The maximum atomic E-state index is 13.4. The predicted molar refractivity (Wildman–Crippen MR) is 164 cm³/mol. The standard InChI is InChI=1S/C33H29ClN4O4/c1-20(39)22-6-4-7-25(15-22)35-32(41)23-12-13-30(28(16-23)36-33(42)26-8-2-3-9-27(26)34)37-17-21-14-24(19-37)29-10-5-11-31(40)38(29)18-21/h2-13,15-16,21,24H,14,17-19H2,1H3,(H,35,41)(H,36,42)/t21-,24+/m1/s1. The average molecular weight is 581 g/mol. The fourth-order valence-corrected chi connectivity index (χ4v) is 6.22. The Morgan fingerprint density at radius 3 is 2.43 bits per heavy atom. The quantitative estimate of drug-likeness (QED) is 0.279. The van der Waals surface area contributed by atoms with Crippen molar-refractivity contribution >= 4 is 46.3 Å². The molecule has 2 N–H and O–H groups in total. The molecule has 2 aliphatic heterocycles. The lowest BCUT2D eigenvalue weighted by molar-refractivity contribution is 0.101. The first kappa shape index (κ1) is 27.5. The number of benzene rings is 3. The molecule has 0 unspecified atom stereocenters. The molecule has 0 spiro atoms. The molecule has 0 radical (unpaired) electrons. The van der Waals surface area contributed by atoms with Crippen LogP contribution in [0.15, 0.2) is 89.7 Å². The molecule has 1 aromatic heterocycles. The zero-order valence-corrected chi connectivity index (χ0v) is 23.7. The van der Waals surface area contributed by atoms with Crippen molar-refractivity contribution in [1.29, 1.82) is 0 Å². The molecular weight excluding hydrogens is 552 g/mol. The van der Waals surface area contributed by atoms with Gasteiger partial charge in [0.25, 0.3) is 17.4 Å². The summed E-state index contributed by atoms with van der Waals surface area (Å²) in [6.45, 7) is 3.48. The summed E-state index contributed by atoms with van der Waals surface area (Å²) in [4.78, 5) is 53.2. The number of ketones is 1. The van der Waals surface area contributed by atoms with E-state index in [0.717, 1.165) is 17.8 Å². The number of nitrogens with zero attached hydrogens (tertiary/aromatic N) is 2. The number of piperidine rings is 1. The minimum absolute atomic E-state index is 0.0209. The highest BCUT2D eigenvalue weighted by Crippen LogP contribution is 2.39. The highest BCUT2D eigenvalue weighted by Gasteiger charge is 2.35. The van der Waals surface area contributed by atoms with Crippen LogP contribution in [-0.4, -0.2) is 35.3 Å². The van der Waals surface area contributed by atoms with E-state index in [1.807, 2.05) is 22.8 Å². The van der Waals surface area contributed by atoms with Crippen LogP contribution in [0.5, 0.6) is 0 Å². The van der Waals surface area contributed by atoms with Crippen molar-refractivity contribution in [2.45, 2.75) is 25.8 Å². The first-order valence-electron chi connectivity index (χ1n) is 13.8. The van der Waals surface area contributed by atoms with Crippen LogP contribution in [0.25, 0.3) is 0 Å². The number of fused-ring (bicyclic) bond motifs is 4. The van der Waals surface area contributed by atoms with Crippen LogP contribution in [0.4, 0.5) is 17.1 Å². The molecule has 4 aromatic rings. The minimum atomic E-state index is -0.386. The molecule has 2 amide bonds. The normalized spacial score (nSPS) is 17.2. The predicted octanol–water partition coefficient (Wildman–Crippen LogP) is 5.83. The number of carbonyl (C=O) groups is 3. The van der Waals surface area contributed by atoms with E-state index in [0.29, 0.717) is 52.7 Å². The summed E-state index contributed by atoms with van der Waals surface area (Å²) in [6, 6.07) is 24.2. The highest BCUT2D eigenvalue weighted by atomic mass is 35.5. The maximum Gasteiger partial charge on any atom is 0.257 e. The Hall–Kier alpha value is -4.69. The van der Waals surface area contributed by atoms with Crippen LogP contribution in [-0.2, 0) is 6.54 Å². The van der Waals surface area contributed by atoms with E-state index >= 15 is 0 Å². The van der Waals surface area contributed by atoms with Gasteiger partial charge in [-0.2, -0.15) is 0 Å². The Morgan fingerprint density at radius 1 is 0.810 bits per heavy atom. The number of rotatable bonds is 6. The number of amides is 2. The fourth-order valence-electron chi connectivity index (χ4n) is 6.00. The Morgan fingerprint density at radius 2 is 1.62 bits per heavy atom. The first-order chi connectivity index (χ1) is 20.3. The Balaban J connectivity index is 1.33. The molecule has 1 fully saturated rings. The van der Waals surface area contributed by atoms with E-state index in [4.69, 9.17) is 11.6 Å². The van der Waals surface area contributed by atoms with Gasteiger partial charge in [0.1, 0.15) is 0 Å². The second kappa shape index (κ2) is 11.3. The van der Waals surface area contributed by atoms with E-state index in [-0.39, 0.29) is 35.0 Å². The van der Waals surface area contributed by atoms with E-state index in [9.17, 15) is 19.2 Å². The number of carbonyl (C=O) groups excluding carboxylic acids is 3. The fraction of sp³-hybridized carbons (Fsp3) is 0.212. The Labute approximate surface area is 247 Å². The van der Waals surface area contributed by atoms with Gasteiger partial charge >= 0.3 is 0 Å². The summed E-state index contributed by atoms with van der Waals surface area (Å²) >= 11 is 6.32. The number of anilines is 3. The van der Waals surface area contributed by atoms with E-state index < -0.39 is 0 Å². The van der Waals surface area contributed by atoms with Crippen molar-refractivity contribution in [3.05, 3.63) is 123 Å². The molecule has 0 aliphatic carbocycles. The SMILES string of the molecule is CC(=O)c1cccc(NC(=O)c2ccc(N3C[C@H]4C[C@@H](C3)c3cccc(=O)n3C4)c(NC(=O)c3ccccc3Cl)c2)c1. The molecule has 1 saturated heterocycles. The largest absolute Gasteiger partial charge is 0.369 e. The first-order valence-corrected chi connectivity index (χ1v) is 14.2. The summed E-state index contributed by atoms with van der Waals surface area (Å²) in [5.74, 6) is -0.434. The van der Waals surface area contributed by atoms with E-state index in [1.165, 1.54) is 6.92 Å². The van der Waals surface area contributed by atoms with Crippen molar-refractivity contribution in [2.24, 2.45) is 5.92 Å². The van der Waals surface area contributed by atoms with Crippen LogP contribution in [0.3, 0.4) is 0 Å². The van der Waals surface area contributed by atoms with Crippen molar-refractivity contribution in [3.8, 4) is 0 Å². The van der Waals surface area contributed by atoms with Crippen molar-refractivity contribution in [2.75, 3.05) is 28.6 Å². The van der Waals surface area contributed by atoms with Gasteiger partial charge in [0.2, 0.25) is 0 Å². The molecule has 8 nitrogen and oxygen atoms in total. The lowest BCUT2D eigenvalue weighted by atomic mass is 9.83. The van der Waals surface area contributed by atoms with Gasteiger partial charge in [-0.05, 0) is 67.8 Å². The van der Waals surface area contributed by atoms with Crippen molar-refractivity contribution in [3.63, 3.8) is 0 Å². The van der Waals surface area contributed by atoms with Gasteiger partial charge < -0.3 is 20.1 Å². The second-order valence-electron chi connectivity index (χ2n) is 10.9. The van der Waals surface area contributed by atoms with Gasteiger partial charge in [-0.15, -0.1) is 0 Å². The van der Waals surface area contributed by atoms with E-state index in [1.54, 1.807) is 66.7 Å². The number of hydrogen-bond donors (Lipinski definition) is 2. The molecule has 212 valence electrons. The molecular formula is C33H29ClN4O4. The topological polar surface area (TPSA) is 101 Å². The molecule has 2 aliphatic rings. The zero-order valence-electron chi connectivity index (χ0n) is 23.0. The third-order valence-corrected chi connectivity index (χ3v) is 8.30. The smallest absolute Gasteiger partial charge is 0.257 e. The second-order valence-corrected chi connectivity index (χ2v) is 11.3. The molecule has 3 aromatic carbocycles. The maximum absolute atomic E-state index is 13.4. The molecule has 42 heavy (non-hydrogen) atoms. The summed E-state index contributed by atoms with van der Waals surface area (Å²) in [7, 11) is 0. The number of hydrogen-bond acceptors (Lipinski definition) is 5. The molecule has 3 heterocycles. The minimum Gasteiger partial charge on any atom is -0.369 e. The Bertz CT molecular complexity index is 1780. The zero-order chi connectivity index (χ0) is 29.4. The highest BCUT2D eigenvalue weighted by molar-refractivity contribution is 6.34.